The lowest BCUT2D eigenvalue weighted by molar-refractivity contribution is 0.0760. The van der Waals surface area contributed by atoms with Crippen molar-refractivity contribution >= 4 is 5.91 Å². The molecule has 0 unspecified atom stereocenters. The van der Waals surface area contributed by atoms with E-state index in [0.717, 1.165) is 0 Å². The number of hydrogen-bond acceptors (Lipinski definition) is 2. The summed E-state index contributed by atoms with van der Waals surface area (Å²) >= 11 is 0. The van der Waals surface area contributed by atoms with E-state index in [1.165, 1.54) is 11.0 Å². The molecule has 0 saturated heterocycles. The van der Waals surface area contributed by atoms with E-state index in [4.69, 9.17) is 4.42 Å². The molecule has 1 heterocycles. The number of benzene rings is 1. The molecule has 1 amide bonds. The molecular weight excluding hydrogens is 269 g/mol. The van der Waals surface area contributed by atoms with Gasteiger partial charge in [0.1, 0.15) is 11.6 Å². The first-order valence-corrected chi connectivity index (χ1v) is 6.53. The summed E-state index contributed by atoms with van der Waals surface area (Å²) in [6.07, 6.45) is 3.25. The number of hydrogen-bond donors (Lipinski definition) is 0. The summed E-state index contributed by atoms with van der Waals surface area (Å²) in [6, 6.07) is 9.40. The SMILES string of the molecule is C=CCN(CC=C)C(=O)c1ccc(-c2ccccc2F)o1. The largest absolute Gasteiger partial charge is 0.451 e. The number of halogens is 1. The molecule has 0 saturated carbocycles. The topological polar surface area (TPSA) is 33.5 Å². The molecular formula is C17H16FNO2. The Morgan fingerprint density at radius 2 is 1.81 bits per heavy atom. The summed E-state index contributed by atoms with van der Waals surface area (Å²) in [5.41, 5.74) is 0.329. The molecule has 1 aromatic heterocycles. The summed E-state index contributed by atoms with van der Waals surface area (Å²) in [5.74, 6) is -0.178. The third kappa shape index (κ3) is 3.28. The third-order valence-corrected chi connectivity index (χ3v) is 2.94. The van der Waals surface area contributed by atoms with Gasteiger partial charge in [0.25, 0.3) is 5.91 Å². The zero-order chi connectivity index (χ0) is 15.2. The van der Waals surface area contributed by atoms with E-state index in [-0.39, 0.29) is 17.5 Å². The molecule has 0 spiro atoms. The Morgan fingerprint density at radius 1 is 1.14 bits per heavy atom. The number of carbonyl (C=O) groups excluding carboxylic acids is 1. The molecule has 1 aromatic carbocycles. The number of rotatable bonds is 6. The van der Waals surface area contributed by atoms with Crippen LogP contribution in [-0.4, -0.2) is 23.9 Å². The van der Waals surface area contributed by atoms with Crippen molar-refractivity contribution in [2.24, 2.45) is 0 Å². The third-order valence-electron chi connectivity index (χ3n) is 2.94. The highest BCUT2D eigenvalue weighted by molar-refractivity contribution is 5.92. The molecule has 2 aromatic rings. The van der Waals surface area contributed by atoms with Gasteiger partial charge in [0.15, 0.2) is 5.76 Å². The van der Waals surface area contributed by atoms with Crippen molar-refractivity contribution in [2.45, 2.75) is 0 Å². The molecule has 0 radical (unpaired) electrons. The van der Waals surface area contributed by atoms with Crippen molar-refractivity contribution in [3.8, 4) is 11.3 Å². The molecule has 0 aliphatic carbocycles. The average Bonchev–Trinajstić information content (AvgIpc) is 2.96. The Bertz CT molecular complexity index is 650. The van der Waals surface area contributed by atoms with Gasteiger partial charge < -0.3 is 9.32 Å². The van der Waals surface area contributed by atoms with Crippen LogP contribution < -0.4 is 0 Å². The van der Waals surface area contributed by atoms with Gasteiger partial charge in [-0.05, 0) is 24.3 Å². The normalized spacial score (nSPS) is 10.1. The van der Waals surface area contributed by atoms with Crippen LogP contribution in [0.3, 0.4) is 0 Å². The monoisotopic (exact) mass is 285 g/mol. The van der Waals surface area contributed by atoms with Crippen LogP contribution in [0.2, 0.25) is 0 Å². The van der Waals surface area contributed by atoms with Gasteiger partial charge in [-0.15, -0.1) is 13.2 Å². The molecule has 4 heteroatoms. The second-order valence-corrected chi connectivity index (χ2v) is 4.43. The summed E-state index contributed by atoms with van der Waals surface area (Å²) < 4.78 is 19.2. The predicted molar refractivity (Wildman–Crippen MR) is 80.4 cm³/mol. The van der Waals surface area contributed by atoms with Gasteiger partial charge >= 0.3 is 0 Å². The second-order valence-electron chi connectivity index (χ2n) is 4.43. The van der Waals surface area contributed by atoms with Crippen molar-refractivity contribution < 1.29 is 13.6 Å². The van der Waals surface area contributed by atoms with Crippen molar-refractivity contribution in [3.63, 3.8) is 0 Å². The van der Waals surface area contributed by atoms with Crippen LogP contribution in [0.4, 0.5) is 4.39 Å². The fourth-order valence-corrected chi connectivity index (χ4v) is 1.97. The Kier molecular flexibility index (Phi) is 4.72. The van der Waals surface area contributed by atoms with Gasteiger partial charge in [0.05, 0.1) is 5.56 Å². The number of nitrogens with zero attached hydrogens (tertiary/aromatic N) is 1. The maximum atomic E-state index is 13.7. The Balaban J connectivity index is 2.27. The van der Waals surface area contributed by atoms with E-state index in [1.54, 1.807) is 42.5 Å². The number of furan rings is 1. The maximum absolute atomic E-state index is 13.7. The van der Waals surface area contributed by atoms with Crippen LogP contribution in [0.25, 0.3) is 11.3 Å². The van der Waals surface area contributed by atoms with Crippen LogP contribution in [0.15, 0.2) is 66.1 Å². The summed E-state index contributed by atoms with van der Waals surface area (Å²) in [4.78, 5) is 13.8. The smallest absolute Gasteiger partial charge is 0.290 e. The van der Waals surface area contributed by atoms with Gasteiger partial charge in [-0.2, -0.15) is 0 Å². The van der Waals surface area contributed by atoms with Gasteiger partial charge in [0, 0.05) is 13.1 Å². The van der Waals surface area contributed by atoms with Crippen LogP contribution in [0.5, 0.6) is 0 Å². The Hall–Kier alpha value is -2.62. The molecule has 0 bridgehead atoms. The second kappa shape index (κ2) is 6.70. The van der Waals surface area contributed by atoms with Crippen molar-refractivity contribution in [1.82, 2.24) is 4.90 Å². The highest BCUT2D eigenvalue weighted by Crippen LogP contribution is 2.25. The number of carbonyl (C=O) groups is 1. The zero-order valence-corrected chi connectivity index (χ0v) is 11.6. The lowest BCUT2D eigenvalue weighted by Crippen LogP contribution is -2.30. The first-order chi connectivity index (χ1) is 10.2. The molecule has 2 rings (SSSR count). The zero-order valence-electron chi connectivity index (χ0n) is 11.6. The first-order valence-electron chi connectivity index (χ1n) is 6.53. The lowest BCUT2D eigenvalue weighted by atomic mass is 10.1. The quantitative estimate of drug-likeness (QED) is 0.754. The van der Waals surface area contributed by atoms with Gasteiger partial charge in [-0.25, -0.2) is 4.39 Å². The highest BCUT2D eigenvalue weighted by atomic mass is 19.1. The highest BCUT2D eigenvalue weighted by Gasteiger charge is 2.18. The fourth-order valence-electron chi connectivity index (χ4n) is 1.97. The fraction of sp³-hybridized carbons (Fsp3) is 0.118. The lowest BCUT2D eigenvalue weighted by Gasteiger charge is -2.17. The minimum absolute atomic E-state index is 0.164. The summed E-state index contributed by atoms with van der Waals surface area (Å²) in [7, 11) is 0. The molecule has 21 heavy (non-hydrogen) atoms. The average molecular weight is 285 g/mol. The van der Waals surface area contributed by atoms with E-state index < -0.39 is 0 Å². The molecule has 108 valence electrons. The van der Waals surface area contributed by atoms with E-state index >= 15 is 0 Å². The Labute approximate surface area is 123 Å². The van der Waals surface area contributed by atoms with Crippen molar-refractivity contribution in [1.29, 1.82) is 0 Å². The van der Waals surface area contributed by atoms with E-state index in [1.807, 2.05) is 0 Å². The molecule has 0 fully saturated rings. The Morgan fingerprint density at radius 3 is 2.43 bits per heavy atom. The minimum Gasteiger partial charge on any atom is -0.451 e. The molecule has 0 aliphatic heterocycles. The van der Waals surface area contributed by atoms with E-state index in [2.05, 4.69) is 13.2 Å². The minimum atomic E-state index is -0.389. The van der Waals surface area contributed by atoms with Crippen LogP contribution in [0.1, 0.15) is 10.6 Å². The van der Waals surface area contributed by atoms with Gasteiger partial charge in [-0.1, -0.05) is 24.3 Å². The van der Waals surface area contributed by atoms with Gasteiger partial charge in [0.2, 0.25) is 0 Å². The summed E-state index contributed by atoms with van der Waals surface area (Å²) in [6.45, 7) is 8.01. The van der Waals surface area contributed by atoms with Crippen LogP contribution in [-0.2, 0) is 0 Å². The van der Waals surface area contributed by atoms with Crippen LogP contribution >= 0.6 is 0 Å². The molecule has 0 aliphatic rings. The molecule has 0 atom stereocenters. The van der Waals surface area contributed by atoms with Crippen molar-refractivity contribution in [3.05, 3.63) is 73.3 Å². The van der Waals surface area contributed by atoms with Gasteiger partial charge in [-0.3, -0.25) is 4.79 Å². The molecule has 3 nitrogen and oxygen atoms in total. The molecule has 0 N–H and O–H groups in total. The predicted octanol–water partition coefficient (Wildman–Crippen LogP) is 3.90. The number of amides is 1. The van der Waals surface area contributed by atoms with Crippen LogP contribution in [0, 0.1) is 5.82 Å². The van der Waals surface area contributed by atoms with Crippen molar-refractivity contribution in [2.75, 3.05) is 13.1 Å². The summed E-state index contributed by atoms with van der Waals surface area (Å²) in [5, 5.41) is 0. The standard InChI is InChI=1S/C17H16FNO2/c1-3-11-19(12-4-2)17(20)16-10-9-15(21-16)13-7-5-6-8-14(13)18/h3-10H,1-2,11-12H2. The first kappa shape index (κ1) is 14.8. The van der Waals surface area contributed by atoms with E-state index in [0.29, 0.717) is 24.4 Å². The maximum Gasteiger partial charge on any atom is 0.290 e. The van der Waals surface area contributed by atoms with E-state index in [9.17, 15) is 9.18 Å².